The molecule has 0 aliphatic carbocycles. The summed E-state index contributed by atoms with van der Waals surface area (Å²) in [6.07, 6.45) is -0.159. The van der Waals surface area contributed by atoms with Gasteiger partial charge in [0.1, 0.15) is 17.5 Å². The van der Waals surface area contributed by atoms with Gasteiger partial charge < -0.3 is 5.73 Å². The average molecular weight is 365 g/mol. The number of hydrogen-bond acceptors (Lipinski definition) is 1. The second kappa shape index (κ2) is 6.16. The number of rotatable bonds is 3. The van der Waals surface area contributed by atoms with Crippen LogP contribution in [0.5, 0.6) is 0 Å². The van der Waals surface area contributed by atoms with Gasteiger partial charge in [-0.05, 0) is 40.5 Å². The van der Waals surface area contributed by atoms with Gasteiger partial charge in [0, 0.05) is 21.6 Å². The van der Waals surface area contributed by atoms with E-state index in [2.05, 4.69) is 15.9 Å². The highest BCUT2D eigenvalue weighted by Crippen LogP contribution is 2.31. The van der Waals surface area contributed by atoms with Crippen LogP contribution >= 0.6 is 27.5 Å². The highest BCUT2D eigenvalue weighted by Gasteiger charge is 2.19. The maximum atomic E-state index is 14.0. The van der Waals surface area contributed by atoms with Gasteiger partial charge in [0.05, 0.1) is 5.02 Å². The molecule has 0 bridgehead atoms. The normalized spacial score (nSPS) is 12.5. The predicted molar refractivity (Wildman–Crippen MR) is 76.1 cm³/mol. The molecular weight excluding hydrogens is 355 g/mol. The van der Waals surface area contributed by atoms with Crippen molar-refractivity contribution in [1.82, 2.24) is 0 Å². The molecule has 0 spiro atoms. The Morgan fingerprint density at radius 1 is 1.10 bits per heavy atom. The zero-order chi connectivity index (χ0) is 14.9. The van der Waals surface area contributed by atoms with Crippen molar-refractivity contribution in [2.75, 3.05) is 0 Å². The molecule has 2 rings (SSSR count). The highest BCUT2D eigenvalue weighted by molar-refractivity contribution is 9.10. The van der Waals surface area contributed by atoms with E-state index in [-0.39, 0.29) is 22.6 Å². The zero-order valence-corrected chi connectivity index (χ0v) is 12.5. The minimum atomic E-state index is -0.896. The van der Waals surface area contributed by atoms with Crippen molar-refractivity contribution in [2.45, 2.75) is 12.5 Å². The van der Waals surface area contributed by atoms with Crippen molar-refractivity contribution in [3.05, 3.63) is 68.4 Å². The minimum absolute atomic E-state index is 0.105. The van der Waals surface area contributed by atoms with Gasteiger partial charge in [-0.25, -0.2) is 13.2 Å². The summed E-state index contributed by atoms with van der Waals surface area (Å²) in [7, 11) is 0. The van der Waals surface area contributed by atoms with Crippen LogP contribution in [0.15, 0.2) is 34.8 Å². The molecule has 2 N–H and O–H groups in total. The van der Waals surface area contributed by atoms with Crippen LogP contribution < -0.4 is 5.73 Å². The second-order valence-corrected chi connectivity index (χ2v) is 5.51. The molecule has 0 fully saturated rings. The number of nitrogens with two attached hydrogens (primary N) is 1. The molecule has 1 nitrogen and oxygen atoms in total. The summed E-state index contributed by atoms with van der Waals surface area (Å²) in [5, 5.41) is -0.105. The van der Waals surface area contributed by atoms with E-state index in [1.54, 1.807) is 0 Å². The molecule has 0 aromatic heterocycles. The fourth-order valence-corrected chi connectivity index (χ4v) is 2.36. The van der Waals surface area contributed by atoms with Crippen molar-refractivity contribution in [3.8, 4) is 0 Å². The van der Waals surface area contributed by atoms with Gasteiger partial charge in [-0.1, -0.05) is 23.7 Å². The first-order chi connectivity index (χ1) is 9.41. The van der Waals surface area contributed by atoms with Crippen LogP contribution in [0.4, 0.5) is 13.2 Å². The quantitative estimate of drug-likeness (QED) is 0.781. The molecule has 0 aliphatic heterocycles. The van der Waals surface area contributed by atoms with Gasteiger partial charge in [0.15, 0.2) is 0 Å². The van der Waals surface area contributed by atoms with Crippen LogP contribution in [0, 0.1) is 17.5 Å². The summed E-state index contributed by atoms with van der Waals surface area (Å²) in [6.45, 7) is 0. The lowest BCUT2D eigenvalue weighted by molar-refractivity contribution is 0.528. The molecule has 2 aromatic carbocycles. The molecule has 6 heteroatoms. The topological polar surface area (TPSA) is 26.0 Å². The molecule has 2 aromatic rings. The minimum Gasteiger partial charge on any atom is -0.324 e. The summed E-state index contributed by atoms with van der Waals surface area (Å²) in [5.74, 6) is -2.10. The third-order valence-corrected chi connectivity index (χ3v) is 4.21. The predicted octanol–water partition coefficient (Wildman–Crippen LogP) is 4.76. The SMILES string of the molecule is NC(Cc1c(F)cccc1F)c1ccc(Br)c(Cl)c1F. The zero-order valence-electron chi connectivity index (χ0n) is 10.1. The molecule has 0 aliphatic rings. The first-order valence-corrected chi connectivity index (χ1v) is 6.90. The molecule has 0 radical (unpaired) electrons. The maximum absolute atomic E-state index is 14.0. The lowest BCUT2D eigenvalue weighted by Gasteiger charge is -2.15. The molecule has 1 atom stereocenters. The summed E-state index contributed by atoms with van der Waals surface area (Å²) in [5.41, 5.74) is 5.78. The summed E-state index contributed by atoms with van der Waals surface area (Å²) in [6, 6.07) is 5.61. The van der Waals surface area contributed by atoms with Crippen LogP contribution in [-0.4, -0.2) is 0 Å². The summed E-state index contributed by atoms with van der Waals surface area (Å²) in [4.78, 5) is 0. The van der Waals surface area contributed by atoms with Gasteiger partial charge >= 0.3 is 0 Å². The fraction of sp³-hybridized carbons (Fsp3) is 0.143. The lowest BCUT2D eigenvalue weighted by atomic mass is 9.98. The molecule has 0 amide bonds. The van der Waals surface area contributed by atoms with E-state index < -0.39 is 23.5 Å². The molecule has 20 heavy (non-hydrogen) atoms. The Hall–Kier alpha value is -1.04. The van der Waals surface area contributed by atoms with E-state index in [9.17, 15) is 13.2 Å². The number of hydrogen-bond donors (Lipinski definition) is 1. The summed E-state index contributed by atoms with van der Waals surface area (Å²) >= 11 is 8.85. The largest absolute Gasteiger partial charge is 0.324 e. The monoisotopic (exact) mass is 363 g/mol. The van der Waals surface area contributed by atoms with Crippen LogP contribution in [-0.2, 0) is 6.42 Å². The highest BCUT2D eigenvalue weighted by atomic mass is 79.9. The van der Waals surface area contributed by atoms with Crippen LogP contribution in [0.2, 0.25) is 5.02 Å². The van der Waals surface area contributed by atoms with E-state index in [4.69, 9.17) is 17.3 Å². The third kappa shape index (κ3) is 3.00. The molecule has 106 valence electrons. The Labute approximate surface area is 127 Å². The van der Waals surface area contributed by atoms with Gasteiger partial charge in [-0.3, -0.25) is 0 Å². The van der Waals surface area contributed by atoms with E-state index >= 15 is 0 Å². The molecule has 0 saturated heterocycles. The Bertz CT molecular complexity index is 628. The van der Waals surface area contributed by atoms with Crippen LogP contribution in [0.3, 0.4) is 0 Å². The van der Waals surface area contributed by atoms with Gasteiger partial charge in [0.2, 0.25) is 0 Å². The Balaban J connectivity index is 2.34. The Kier molecular flexibility index (Phi) is 4.73. The Morgan fingerprint density at radius 2 is 1.70 bits per heavy atom. The first-order valence-electron chi connectivity index (χ1n) is 5.73. The van der Waals surface area contributed by atoms with Crippen molar-refractivity contribution < 1.29 is 13.2 Å². The van der Waals surface area contributed by atoms with E-state index in [0.717, 1.165) is 12.1 Å². The molecular formula is C14H10BrClF3N. The number of halogens is 5. The molecule has 1 unspecified atom stereocenters. The van der Waals surface area contributed by atoms with E-state index in [1.807, 2.05) is 0 Å². The number of benzene rings is 2. The Morgan fingerprint density at radius 3 is 2.30 bits per heavy atom. The smallest absolute Gasteiger partial charge is 0.147 e. The van der Waals surface area contributed by atoms with Crippen molar-refractivity contribution in [1.29, 1.82) is 0 Å². The fourth-order valence-electron chi connectivity index (χ4n) is 1.88. The molecule has 0 heterocycles. The maximum Gasteiger partial charge on any atom is 0.147 e. The molecule has 0 saturated carbocycles. The van der Waals surface area contributed by atoms with E-state index in [0.29, 0.717) is 4.47 Å². The first kappa shape index (κ1) is 15.4. The standard InChI is InChI=1S/C14H10BrClF3N/c15-9-5-4-7(14(19)13(9)16)12(20)6-8-10(17)2-1-3-11(8)18/h1-5,12H,6,20H2. The third-order valence-electron chi connectivity index (χ3n) is 2.95. The van der Waals surface area contributed by atoms with Crippen molar-refractivity contribution in [2.24, 2.45) is 5.73 Å². The van der Waals surface area contributed by atoms with Crippen molar-refractivity contribution >= 4 is 27.5 Å². The van der Waals surface area contributed by atoms with Crippen molar-refractivity contribution in [3.63, 3.8) is 0 Å². The van der Waals surface area contributed by atoms with Gasteiger partial charge in [-0.2, -0.15) is 0 Å². The van der Waals surface area contributed by atoms with Crippen LogP contribution in [0.25, 0.3) is 0 Å². The van der Waals surface area contributed by atoms with Crippen LogP contribution in [0.1, 0.15) is 17.2 Å². The average Bonchev–Trinajstić information content (AvgIpc) is 2.40. The van der Waals surface area contributed by atoms with Gasteiger partial charge in [-0.15, -0.1) is 0 Å². The lowest BCUT2D eigenvalue weighted by Crippen LogP contribution is -2.17. The summed E-state index contributed by atoms with van der Waals surface area (Å²) < 4.78 is 41.5. The van der Waals surface area contributed by atoms with Gasteiger partial charge in [0.25, 0.3) is 0 Å². The second-order valence-electron chi connectivity index (χ2n) is 4.28. The van der Waals surface area contributed by atoms with E-state index in [1.165, 1.54) is 18.2 Å².